The summed E-state index contributed by atoms with van der Waals surface area (Å²) in [5.74, 6) is 0.571. The van der Waals surface area contributed by atoms with Crippen LogP contribution in [0.15, 0.2) is 36.7 Å². The molecule has 5 nitrogen and oxygen atoms in total. The molecular formula is C19H23ClN4O. The maximum Gasteiger partial charge on any atom is 0.256 e. The number of halogens is 1. The molecule has 0 bridgehead atoms. The average molecular weight is 359 g/mol. The van der Waals surface area contributed by atoms with Gasteiger partial charge in [0.05, 0.1) is 5.56 Å². The van der Waals surface area contributed by atoms with E-state index in [1.807, 2.05) is 29.2 Å². The van der Waals surface area contributed by atoms with E-state index in [-0.39, 0.29) is 5.91 Å². The fraction of sp³-hybridized carbons (Fsp3) is 0.421. The minimum atomic E-state index is 0.0346. The van der Waals surface area contributed by atoms with Crippen LogP contribution in [-0.4, -0.2) is 40.4 Å². The SMILES string of the molecule is O=C(c1cnc(NCCc2cccc(Cl)c2)nc1)N1CCCCCC1. The highest BCUT2D eigenvalue weighted by atomic mass is 35.5. The van der Waals surface area contributed by atoms with Crippen molar-refractivity contribution >= 4 is 23.5 Å². The molecule has 1 aliphatic heterocycles. The van der Waals surface area contributed by atoms with E-state index in [2.05, 4.69) is 15.3 Å². The van der Waals surface area contributed by atoms with Crippen molar-refractivity contribution in [1.82, 2.24) is 14.9 Å². The highest BCUT2D eigenvalue weighted by molar-refractivity contribution is 6.30. The molecule has 1 aromatic heterocycles. The van der Waals surface area contributed by atoms with Crippen LogP contribution in [0.25, 0.3) is 0 Å². The molecule has 0 saturated carbocycles. The Bertz CT molecular complexity index is 697. The van der Waals surface area contributed by atoms with E-state index in [1.54, 1.807) is 12.4 Å². The zero-order valence-corrected chi connectivity index (χ0v) is 15.0. The second-order valence-corrected chi connectivity index (χ2v) is 6.74. The fourth-order valence-corrected chi connectivity index (χ4v) is 3.21. The van der Waals surface area contributed by atoms with Crippen LogP contribution in [-0.2, 0) is 6.42 Å². The van der Waals surface area contributed by atoms with Gasteiger partial charge in [0.1, 0.15) is 0 Å². The number of amides is 1. The first-order valence-corrected chi connectivity index (χ1v) is 9.20. The van der Waals surface area contributed by atoms with Crippen molar-refractivity contribution in [2.45, 2.75) is 32.1 Å². The van der Waals surface area contributed by atoms with E-state index in [4.69, 9.17) is 11.6 Å². The van der Waals surface area contributed by atoms with Gasteiger partial charge in [-0.2, -0.15) is 0 Å². The molecule has 132 valence electrons. The van der Waals surface area contributed by atoms with Crippen LogP contribution in [0, 0.1) is 0 Å². The molecule has 1 aliphatic rings. The standard InChI is InChI=1S/C19H23ClN4O/c20-17-7-5-6-15(12-17)8-9-21-19-22-13-16(14-23-19)18(25)24-10-3-1-2-4-11-24/h5-7,12-14H,1-4,8-11H2,(H,21,22,23). The second kappa shape index (κ2) is 8.81. The minimum Gasteiger partial charge on any atom is -0.354 e. The molecule has 1 fully saturated rings. The molecule has 1 saturated heterocycles. The van der Waals surface area contributed by atoms with E-state index in [0.29, 0.717) is 18.1 Å². The Hall–Kier alpha value is -2.14. The monoisotopic (exact) mass is 358 g/mol. The van der Waals surface area contributed by atoms with Gasteiger partial charge in [-0.1, -0.05) is 36.6 Å². The van der Waals surface area contributed by atoms with Gasteiger partial charge in [-0.05, 0) is 37.0 Å². The van der Waals surface area contributed by atoms with Gasteiger partial charge in [-0.3, -0.25) is 4.79 Å². The molecular weight excluding hydrogens is 336 g/mol. The molecule has 0 atom stereocenters. The van der Waals surface area contributed by atoms with Gasteiger partial charge >= 0.3 is 0 Å². The predicted octanol–water partition coefficient (Wildman–Crippen LogP) is 3.80. The summed E-state index contributed by atoms with van der Waals surface area (Å²) in [7, 11) is 0. The summed E-state index contributed by atoms with van der Waals surface area (Å²) < 4.78 is 0. The van der Waals surface area contributed by atoms with Crippen LogP contribution < -0.4 is 5.32 Å². The maximum absolute atomic E-state index is 12.5. The van der Waals surface area contributed by atoms with Crippen molar-refractivity contribution < 1.29 is 4.79 Å². The summed E-state index contributed by atoms with van der Waals surface area (Å²) in [6.45, 7) is 2.37. The molecule has 6 heteroatoms. The quantitative estimate of drug-likeness (QED) is 0.883. The normalized spacial score (nSPS) is 14.8. The molecule has 0 aliphatic carbocycles. The summed E-state index contributed by atoms with van der Waals surface area (Å²) in [4.78, 5) is 23.0. The van der Waals surface area contributed by atoms with Gasteiger partial charge in [0.2, 0.25) is 5.95 Å². The van der Waals surface area contributed by atoms with Crippen LogP contribution in [0.5, 0.6) is 0 Å². The number of likely N-dealkylation sites (tertiary alicyclic amines) is 1. The lowest BCUT2D eigenvalue weighted by Crippen LogP contribution is -2.32. The molecule has 3 rings (SSSR count). The van der Waals surface area contributed by atoms with E-state index >= 15 is 0 Å². The molecule has 1 aromatic carbocycles. The van der Waals surface area contributed by atoms with Crippen LogP contribution in [0.4, 0.5) is 5.95 Å². The Labute approximate surface area is 153 Å². The zero-order chi connectivity index (χ0) is 17.5. The van der Waals surface area contributed by atoms with Gasteiger partial charge in [0.25, 0.3) is 5.91 Å². The van der Waals surface area contributed by atoms with Gasteiger partial charge in [-0.15, -0.1) is 0 Å². The molecule has 0 unspecified atom stereocenters. The highest BCUT2D eigenvalue weighted by Gasteiger charge is 2.17. The number of hydrogen-bond donors (Lipinski definition) is 1. The summed E-state index contributed by atoms with van der Waals surface area (Å²) in [6.07, 6.45) is 8.62. The topological polar surface area (TPSA) is 58.1 Å². The Balaban J connectivity index is 1.52. The van der Waals surface area contributed by atoms with E-state index in [9.17, 15) is 4.79 Å². The first-order valence-electron chi connectivity index (χ1n) is 8.82. The zero-order valence-electron chi connectivity index (χ0n) is 14.2. The largest absolute Gasteiger partial charge is 0.354 e. The van der Waals surface area contributed by atoms with Crippen molar-refractivity contribution in [1.29, 1.82) is 0 Å². The van der Waals surface area contributed by atoms with E-state index < -0.39 is 0 Å². The Morgan fingerprint density at radius 3 is 2.52 bits per heavy atom. The van der Waals surface area contributed by atoms with Crippen molar-refractivity contribution in [2.75, 3.05) is 25.0 Å². The smallest absolute Gasteiger partial charge is 0.256 e. The number of rotatable bonds is 5. The fourth-order valence-electron chi connectivity index (χ4n) is 3.00. The van der Waals surface area contributed by atoms with Gasteiger partial charge < -0.3 is 10.2 Å². The first-order chi connectivity index (χ1) is 12.2. The Kier molecular flexibility index (Phi) is 6.23. The number of aromatic nitrogens is 2. The lowest BCUT2D eigenvalue weighted by atomic mass is 10.1. The molecule has 1 N–H and O–H groups in total. The number of hydrogen-bond acceptors (Lipinski definition) is 4. The van der Waals surface area contributed by atoms with Crippen molar-refractivity contribution in [3.63, 3.8) is 0 Å². The first kappa shape index (κ1) is 17.7. The van der Waals surface area contributed by atoms with Crippen molar-refractivity contribution in [2.24, 2.45) is 0 Å². The molecule has 2 aromatic rings. The molecule has 25 heavy (non-hydrogen) atoms. The summed E-state index contributed by atoms with van der Waals surface area (Å²) in [5, 5.41) is 3.92. The lowest BCUT2D eigenvalue weighted by molar-refractivity contribution is 0.0761. The molecule has 1 amide bonds. The van der Waals surface area contributed by atoms with Crippen LogP contribution in [0.2, 0.25) is 5.02 Å². The highest BCUT2D eigenvalue weighted by Crippen LogP contribution is 2.14. The van der Waals surface area contributed by atoms with E-state index in [0.717, 1.165) is 42.9 Å². The lowest BCUT2D eigenvalue weighted by Gasteiger charge is -2.19. The minimum absolute atomic E-state index is 0.0346. The number of nitrogens with one attached hydrogen (secondary N) is 1. The summed E-state index contributed by atoms with van der Waals surface area (Å²) in [5.41, 5.74) is 1.72. The van der Waals surface area contributed by atoms with E-state index in [1.165, 1.54) is 12.8 Å². The molecule has 0 radical (unpaired) electrons. The summed E-state index contributed by atoms with van der Waals surface area (Å²) in [6, 6.07) is 7.80. The average Bonchev–Trinajstić information content (AvgIpc) is 2.91. The number of nitrogens with zero attached hydrogens (tertiary/aromatic N) is 3. The summed E-state index contributed by atoms with van der Waals surface area (Å²) >= 11 is 5.98. The second-order valence-electron chi connectivity index (χ2n) is 6.31. The van der Waals surface area contributed by atoms with Crippen LogP contribution >= 0.6 is 11.6 Å². The van der Waals surface area contributed by atoms with Gasteiger partial charge in [0.15, 0.2) is 0 Å². The number of carbonyl (C=O) groups is 1. The Morgan fingerprint density at radius 1 is 1.12 bits per heavy atom. The van der Waals surface area contributed by atoms with Crippen molar-refractivity contribution in [3.8, 4) is 0 Å². The van der Waals surface area contributed by atoms with Gasteiger partial charge in [-0.25, -0.2) is 9.97 Å². The number of carbonyl (C=O) groups excluding carboxylic acids is 1. The maximum atomic E-state index is 12.5. The third-order valence-electron chi connectivity index (χ3n) is 4.38. The van der Waals surface area contributed by atoms with Crippen LogP contribution in [0.1, 0.15) is 41.6 Å². The Morgan fingerprint density at radius 2 is 1.84 bits per heavy atom. The van der Waals surface area contributed by atoms with Crippen molar-refractivity contribution in [3.05, 3.63) is 52.8 Å². The molecule has 0 spiro atoms. The van der Waals surface area contributed by atoms with Gasteiger partial charge in [0, 0.05) is 37.1 Å². The number of benzene rings is 1. The number of anilines is 1. The predicted molar refractivity (Wildman–Crippen MR) is 100 cm³/mol. The molecule has 2 heterocycles. The third kappa shape index (κ3) is 5.16. The van der Waals surface area contributed by atoms with Crippen LogP contribution in [0.3, 0.4) is 0 Å². The third-order valence-corrected chi connectivity index (χ3v) is 4.61.